The molecule has 0 saturated carbocycles. The molecule has 2 nitrogen and oxygen atoms in total. The number of nitrogens with one attached hydrogen (secondary N) is 1. The predicted octanol–water partition coefficient (Wildman–Crippen LogP) is 2.94. The molecule has 1 saturated heterocycles. The fourth-order valence-corrected chi connectivity index (χ4v) is 2.06. The maximum atomic E-state index is 6.03. The van der Waals surface area contributed by atoms with Crippen LogP contribution in [0.2, 0.25) is 0 Å². The molecular formula is C12H24ClNO. The maximum Gasteiger partial charge on any atom is 0.0707 e. The highest BCUT2D eigenvalue weighted by molar-refractivity contribution is 6.20. The van der Waals surface area contributed by atoms with Crippen molar-refractivity contribution < 1.29 is 4.74 Å². The second-order valence-corrected chi connectivity index (χ2v) is 5.65. The van der Waals surface area contributed by atoms with E-state index < -0.39 is 0 Å². The lowest BCUT2D eigenvalue weighted by Crippen LogP contribution is -2.30. The third-order valence-electron chi connectivity index (χ3n) is 3.00. The zero-order chi connectivity index (χ0) is 11.3. The van der Waals surface area contributed by atoms with Crippen LogP contribution in [0.25, 0.3) is 0 Å². The Morgan fingerprint density at radius 3 is 2.80 bits per heavy atom. The minimum absolute atomic E-state index is 0.0881. The minimum atomic E-state index is 0.0881. The molecule has 1 N–H and O–H groups in total. The first-order chi connectivity index (χ1) is 7.03. The number of halogens is 1. The smallest absolute Gasteiger partial charge is 0.0707 e. The highest BCUT2D eigenvalue weighted by atomic mass is 35.5. The summed E-state index contributed by atoms with van der Waals surface area (Å²) < 4.78 is 5.89. The van der Waals surface area contributed by atoms with Crippen molar-refractivity contribution in [3.8, 4) is 0 Å². The van der Waals surface area contributed by atoms with E-state index in [1.54, 1.807) is 0 Å². The van der Waals surface area contributed by atoms with Crippen LogP contribution in [0.15, 0.2) is 0 Å². The van der Waals surface area contributed by atoms with Crippen molar-refractivity contribution in [2.24, 2.45) is 0 Å². The van der Waals surface area contributed by atoms with Crippen LogP contribution in [0.5, 0.6) is 0 Å². The van der Waals surface area contributed by atoms with Crippen LogP contribution in [0, 0.1) is 0 Å². The average molecular weight is 234 g/mol. The zero-order valence-corrected chi connectivity index (χ0v) is 10.9. The normalized spacial score (nSPS) is 26.8. The second-order valence-electron chi connectivity index (χ2n) is 5.04. The standard InChI is InChI=1S/C12H24ClNO/c1-4-10(13)6-8-14-9-11-5-7-12(2,3)15-11/h10-11,14H,4-9H2,1-3H3. The van der Waals surface area contributed by atoms with E-state index in [1.165, 1.54) is 12.8 Å². The van der Waals surface area contributed by atoms with Crippen molar-refractivity contribution >= 4 is 11.6 Å². The first kappa shape index (κ1) is 13.3. The molecule has 0 spiro atoms. The molecule has 2 atom stereocenters. The summed E-state index contributed by atoms with van der Waals surface area (Å²) in [5.41, 5.74) is 0.0881. The number of rotatable bonds is 6. The van der Waals surface area contributed by atoms with Gasteiger partial charge in [0.15, 0.2) is 0 Å². The molecule has 2 unspecified atom stereocenters. The fraction of sp³-hybridized carbons (Fsp3) is 1.00. The van der Waals surface area contributed by atoms with Crippen molar-refractivity contribution in [1.29, 1.82) is 0 Å². The van der Waals surface area contributed by atoms with Gasteiger partial charge >= 0.3 is 0 Å². The van der Waals surface area contributed by atoms with Crippen LogP contribution in [-0.4, -0.2) is 30.2 Å². The van der Waals surface area contributed by atoms with Crippen molar-refractivity contribution in [2.45, 2.75) is 63.5 Å². The van der Waals surface area contributed by atoms with Gasteiger partial charge in [-0.25, -0.2) is 0 Å². The van der Waals surface area contributed by atoms with Crippen LogP contribution < -0.4 is 5.32 Å². The van der Waals surface area contributed by atoms with E-state index in [2.05, 4.69) is 26.1 Å². The van der Waals surface area contributed by atoms with E-state index >= 15 is 0 Å². The summed E-state index contributed by atoms with van der Waals surface area (Å²) in [6.07, 6.45) is 4.85. The number of alkyl halides is 1. The zero-order valence-electron chi connectivity index (χ0n) is 10.2. The summed E-state index contributed by atoms with van der Waals surface area (Å²) >= 11 is 6.03. The fourth-order valence-electron chi connectivity index (χ4n) is 1.95. The van der Waals surface area contributed by atoms with E-state index in [0.29, 0.717) is 11.5 Å². The highest BCUT2D eigenvalue weighted by Gasteiger charge is 2.30. The van der Waals surface area contributed by atoms with Gasteiger partial charge in [-0.2, -0.15) is 0 Å². The van der Waals surface area contributed by atoms with Gasteiger partial charge < -0.3 is 10.1 Å². The van der Waals surface area contributed by atoms with E-state index in [9.17, 15) is 0 Å². The molecule has 1 heterocycles. The van der Waals surface area contributed by atoms with Gasteiger partial charge in [0.2, 0.25) is 0 Å². The molecule has 0 amide bonds. The molecule has 0 aliphatic carbocycles. The summed E-state index contributed by atoms with van der Waals surface area (Å²) in [6.45, 7) is 8.43. The van der Waals surface area contributed by atoms with Gasteiger partial charge in [-0.05, 0) is 46.1 Å². The molecule has 0 aromatic rings. The lowest BCUT2D eigenvalue weighted by atomic mass is 10.1. The Kier molecular flexibility index (Phi) is 5.37. The van der Waals surface area contributed by atoms with Crippen molar-refractivity contribution in [1.82, 2.24) is 5.32 Å². The van der Waals surface area contributed by atoms with Crippen LogP contribution in [0.4, 0.5) is 0 Å². The number of hydrogen-bond acceptors (Lipinski definition) is 2. The Labute approximate surface area is 98.7 Å². The number of hydrogen-bond donors (Lipinski definition) is 1. The lowest BCUT2D eigenvalue weighted by Gasteiger charge is -2.19. The van der Waals surface area contributed by atoms with E-state index in [-0.39, 0.29) is 5.60 Å². The molecule has 1 fully saturated rings. The summed E-state index contributed by atoms with van der Waals surface area (Å²) in [6, 6.07) is 0. The third kappa shape index (κ3) is 5.19. The Hall–Kier alpha value is 0.210. The summed E-state index contributed by atoms with van der Waals surface area (Å²) in [4.78, 5) is 0. The minimum Gasteiger partial charge on any atom is -0.371 e. The van der Waals surface area contributed by atoms with Gasteiger partial charge in [-0.3, -0.25) is 0 Å². The summed E-state index contributed by atoms with van der Waals surface area (Å²) in [7, 11) is 0. The van der Waals surface area contributed by atoms with E-state index in [0.717, 1.165) is 25.9 Å². The van der Waals surface area contributed by atoms with Crippen LogP contribution >= 0.6 is 11.6 Å². The van der Waals surface area contributed by atoms with Crippen molar-refractivity contribution in [3.05, 3.63) is 0 Å². The third-order valence-corrected chi connectivity index (χ3v) is 3.53. The number of ether oxygens (including phenoxy) is 1. The molecule has 90 valence electrons. The Morgan fingerprint density at radius 2 is 2.27 bits per heavy atom. The molecule has 0 aromatic carbocycles. The molecule has 1 rings (SSSR count). The molecule has 0 aromatic heterocycles. The van der Waals surface area contributed by atoms with Gasteiger partial charge in [-0.1, -0.05) is 6.92 Å². The summed E-state index contributed by atoms with van der Waals surface area (Å²) in [5.74, 6) is 0. The first-order valence-electron chi connectivity index (χ1n) is 6.06. The van der Waals surface area contributed by atoms with Crippen LogP contribution in [0.1, 0.15) is 46.5 Å². The lowest BCUT2D eigenvalue weighted by molar-refractivity contribution is -0.0141. The SMILES string of the molecule is CCC(Cl)CCNCC1CCC(C)(C)O1. The molecule has 0 bridgehead atoms. The molecule has 1 aliphatic rings. The summed E-state index contributed by atoms with van der Waals surface area (Å²) in [5, 5.41) is 3.74. The van der Waals surface area contributed by atoms with Crippen molar-refractivity contribution in [3.63, 3.8) is 0 Å². The first-order valence-corrected chi connectivity index (χ1v) is 6.50. The largest absolute Gasteiger partial charge is 0.371 e. The molecule has 0 radical (unpaired) electrons. The Bertz CT molecular complexity index is 184. The van der Waals surface area contributed by atoms with E-state index in [1.807, 2.05) is 0 Å². The predicted molar refractivity (Wildman–Crippen MR) is 65.6 cm³/mol. The average Bonchev–Trinajstić information content (AvgIpc) is 2.52. The monoisotopic (exact) mass is 233 g/mol. The van der Waals surface area contributed by atoms with Gasteiger partial charge in [0.05, 0.1) is 11.7 Å². The van der Waals surface area contributed by atoms with Crippen molar-refractivity contribution in [2.75, 3.05) is 13.1 Å². The second kappa shape index (κ2) is 6.07. The van der Waals surface area contributed by atoms with Gasteiger partial charge in [0, 0.05) is 11.9 Å². The quantitative estimate of drug-likeness (QED) is 0.563. The van der Waals surface area contributed by atoms with Crippen LogP contribution in [0.3, 0.4) is 0 Å². The molecule has 3 heteroatoms. The van der Waals surface area contributed by atoms with E-state index in [4.69, 9.17) is 16.3 Å². The van der Waals surface area contributed by atoms with Gasteiger partial charge in [0.1, 0.15) is 0 Å². The molecule has 15 heavy (non-hydrogen) atoms. The Morgan fingerprint density at radius 1 is 1.53 bits per heavy atom. The topological polar surface area (TPSA) is 21.3 Å². The molecular weight excluding hydrogens is 210 g/mol. The molecule has 1 aliphatic heterocycles. The maximum absolute atomic E-state index is 6.03. The van der Waals surface area contributed by atoms with Crippen LogP contribution in [-0.2, 0) is 4.74 Å². The highest BCUT2D eigenvalue weighted by Crippen LogP contribution is 2.28. The van der Waals surface area contributed by atoms with Gasteiger partial charge in [0.25, 0.3) is 0 Å². The van der Waals surface area contributed by atoms with Gasteiger partial charge in [-0.15, -0.1) is 11.6 Å². The Balaban J connectivity index is 2.02.